The van der Waals surface area contributed by atoms with Crippen LogP contribution in [-0.4, -0.2) is 47.1 Å². The summed E-state index contributed by atoms with van der Waals surface area (Å²) >= 11 is 5.87. The van der Waals surface area contributed by atoms with Crippen LogP contribution in [0, 0.1) is 17.2 Å². The summed E-state index contributed by atoms with van der Waals surface area (Å²) in [5, 5.41) is 3.43. The molecular formula is C30H36ClF2N3O3S. The highest BCUT2D eigenvalue weighted by Gasteiger charge is 2.75. The number of nitrogens with one attached hydrogen (secondary N) is 1. The van der Waals surface area contributed by atoms with E-state index in [1.807, 2.05) is 13.8 Å². The highest BCUT2D eigenvalue weighted by Crippen LogP contribution is 2.71. The second-order valence-electron chi connectivity index (χ2n) is 13.0. The molecule has 2 aromatic carbocycles. The minimum absolute atomic E-state index is 0.00477. The Morgan fingerprint density at radius 1 is 1.18 bits per heavy atom. The first-order chi connectivity index (χ1) is 18.5. The van der Waals surface area contributed by atoms with Gasteiger partial charge in [-0.05, 0) is 82.7 Å². The van der Waals surface area contributed by atoms with Gasteiger partial charge in [0.1, 0.15) is 23.4 Å². The lowest BCUT2D eigenvalue weighted by Crippen LogP contribution is -2.78. The van der Waals surface area contributed by atoms with E-state index in [4.69, 9.17) is 16.6 Å². The number of halogens is 3. The maximum absolute atomic E-state index is 14.4. The van der Waals surface area contributed by atoms with Crippen molar-refractivity contribution in [1.82, 2.24) is 9.62 Å². The highest BCUT2D eigenvalue weighted by molar-refractivity contribution is 7.89. The minimum atomic E-state index is -3.90. The Kier molecular flexibility index (Phi) is 6.99. The van der Waals surface area contributed by atoms with E-state index in [2.05, 4.69) is 5.32 Å². The molecule has 0 unspecified atom stereocenters. The monoisotopic (exact) mass is 591 g/mol. The van der Waals surface area contributed by atoms with Gasteiger partial charge in [-0.25, -0.2) is 17.2 Å². The molecule has 4 aliphatic rings. The Hall–Kier alpha value is -2.36. The summed E-state index contributed by atoms with van der Waals surface area (Å²) in [7, 11) is -3.90. The zero-order chi connectivity index (χ0) is 29.3. The van der Waals surface area contributed by atoms with Crippen molar-refractivity contribution >= 4 is 33.2 Å². The lowest BCUT2D eigenvalue weighted by Gasteiger charge is -2.73. The van der Waals surface area contributed by atoms with E-state index in [-0.39, 0.29) is 34.1 Å². The number of nitrogens with zero attached hydrogens (tertiary/aromatic N) is 2. The summed E-state index contributed by atoms with van der Waals surface area (Å²) in [5.41, 5.74) is -2.60. The van der Waals surface area contributed by atoms with Crippen LogP contribution in [0.4, 0.5) is 8.78 Å². The van der Waals surface area contributed by atoms with Crippen LogP contribution in [0.5, 0.6) is 0 Å². The van der Waals surface area contributed by atoms with Crippen LogP contribution in [0.3, 0.4) is 0 Å². The number of benzene rings is 2. The molecule has 40 heavy (non-hydrogen) atoms. The molecule has 1 aliphatic heterocycles. The predicted octanol–water partition coefficient (Wildman–Crippen LogP) is 6.09. The Morgan fingerprint density at radius 3 is 2.38 bits per heavy atom. The molecule has 0 radical (unpaired) electrons. The van der Waals surface area contributed by atoms with E-state index in [9.17, 15) is 22.0 Å². The van der Waals surface area contributed by atoms with Gasteiger partial charge in [-0.15, -0.1) is 0 Å². The number of carbonyl (C=O) groups excluding carboxylic acids is 1. The van der Waals surface area contributed by atoms with Crippen LogP contribution >= 0.6 is 11.6 Å². The minimum Gasteiger partial charge on any atom is -0.366 e. The lowest BCUT2D eigenvalue weighted by atomic mass is 9.38. The van der Waals surface area contributed by atoms with Crippen molar-refractivity contribution < 1.29 is 22.0 Å². The molecule has 2 bridgehead atoms. The van der Waals surface area contributed by atoms with Crippen molar-refractivity contribution in [1.29, 1.82) is 0 Å². The van der Waals surface area contributed by atoms with Crippen LogP contribution < -0.4 is 5.32 Å². The van der Waals surface area contributed by atoms with Crippen molar-refractivity contribution in [2.24, 2.45) is 16.3 Å². The Morgan fingerprint density at radius 2 is 1.80 bits per heavy atom. The van der Waals surface area contributed by atoms with Crippen LogP contribution in [0.1, 0.15) is 65.9 Å². The standard InChI is InChI=1S/C30H36ClF2N3O3S/c1-19(27(2,3)33)13-24(37)25-28(4,5)35-26(34-25)29-16-30(17-29,18-29)36(15-20-11-12-22(31)23(32)14-20)40(38,39)21-9-7-6-8-10-21/h6-12,14,19,25H,13,15-18H2,1-5H3,(H,34,35)/t19-,25-,29?,30?/m0/s1. The zero-order valence-corrected chi connectivity index (χ0v) is 25.0. The number of sulfonamides is 1. The average molecular weight is 592 g/mol. The number of alkyl halides is 1. The fourth-order valence-corrected chi connectivity index (χ4v) is 8.27. The van der Waals surface area contributed by atoms with E-state index < -0.39 is 44.5 Å². The SMILES string of the molecule is C[C@@H](CC(=O)[C@@H]1N=C(C23CC(N(Cc4ccc(Cl)c(F)c4)S(=O)(=O)c4ccccc4)(C2)C3)NC1(C)C)C(C)(C)F. The molecule has 3 fully saturated rings. The second kappa shape index (κ2) is 9.60. The van der Waals surface area contributed by atoms with Gasteiger partial charge in [-0.1, -0.05) is 42.8 Å². The van der Waals surface area contributed by atoms with Gasteiger partial charge in [0.25, 0.3) is 0 Å². The fourth-order valence-electron chi connectivity index (χ4n) is 6.38. The molecule has 6 nitrogen and oxygen atoms in total. The smallest absolute Gasteiger partial charge is 0.243 e. The first-order valence-corrected chi connectivity index (χ1v) is 15.4. The molecule has 216 valence electrons. The summed E-state index contributed by atoms with van der Waals surface area (Å²) in [5.74, 6) is -0.425. The van der Waals surface area contributed by atoms with Crippen LogP contribution in [-0.2, 0) is 21.4 Å². The van der Waals surface area contributed by atoms with Crippen LogP contribution in [0.15, 0.2) is 58.4 Å². The van der Waals surface area contributed by atoms with Crippen molar-refractivity contribution in [2.45, 2.75) is 94.5 Å². The number of amidine groups is 1. The van der Waals surface area contributed by atoms with E-state index in [1.165, 1.54) is 30.3 Å². The molecular weight excluding hydrogens is 556 g/mol. The zero-order valence-electron chi connectivity index (χ0n) is 23.5. The topological polar surface area (TPSA) is 78.8 Å². The summed E-state index contributed by atoms with van der Waals surface area (Å²) in [6.45, 7) is 8.53. The molecule has 3 aliphatic carbocycles. The molecule has 6 rings (SSSR count). The first kappa shape index (κ1) is 29.1. The average Bonchev–Trinajstić information content (AvgIpc) is 3.13. The molecule has 0 aromatic heterocycles. The fraction of sp³-hybridized carbons (Fsp3) is 0.533. The van der Waals surface area contributed by atoms with Crippen molar-refractivity contribution in [3.8, 4) is 0 Å². The van der Waals surface area contributed by atoms with Gasteiger partial charge >= 0.3 is 0 Å². The quantitative estimate of drug-likeness (QED) is 0.363. The maximum atomic E-state index is 14.4. The molecule has 2 atom stereocenters. The van der Waals surface area contributed by atoms with Gasteiger partial charge in [0.15, 0.2) is 5.78 Å². The summed E-state index contributed by atoms with van der Waals surface area (Å²) < 4.78 is 57.9. The van der Waals surface area contributed by atoms with E-state index in [0.717, 1.165) is 5.84 Å². The highest BCUT2D eigenvalue weighted by atomic mass is 35.5. The van der Waals surface area contributed by atoms with Gasteiger partial charge in [0.2, 0.25) is 10.0 Å². The summed E-state index contributed by atoms with van der Waals surface area (Å²) in [6, 6.07) is 11.9. The number of aliphatic imine (C=N–C) groups is 1. The van der Waals surface area contributed by atoms with Crippen molar-refractivity contribution in [3.63, 3.8) is 0 Å². The molecule has 0 amide bonds. The van der Waals surface area contributed by atoms with Crippen molar-refractivity contribution in [3.05, 3.63) is 64.9 Å². The Labute approximate surface area is 240 Å². The summed E-state index contributed by atoms with van der Waals surface area (Å²) in [6.07, 6.45) is 1.71. The maximum Gasteiger partial charge on any atom is 0.243 e. The third-order valence-electron chi connectivity index (χ3n) is 9.04. The molecule has 3 saturated carbocycles. The predicted molar refractivity (Wildman–Crippen MR) is 152 cm³/mol. The number of Topliss-reactive ketones (excluding diaryl/α,β-unsaturated/α-hetero) is 1. The molecule has 0 spiro atoms. The van der Waals surface area contributed by atoms with Gasteiger partial charge in [-0.3, -0.25) is 9.79 Å². The molecule has 0 saturated heterocycles. The molecule has 10 heteroatoms. The number of ketones is 1. The largest absolute Gasteiger partial charge is 0.366 e. The third kappa shape index (κ3) is 4.88. The van der Waals surface area contributed by atoms with E-state index in [1.54, 1.807) is 43.3 Å². The number of carbonyl (C=O) groups is 1. The first-order valence-electron chi connectivity index (χ1n) is 13.6. The second-order valence-corrected chi connectivity index (χ2v) is 15.2. The number of hydrogen-bond donors (Lipinski definition) is 1. The number of hydrogen-bond acceptors (Lipinski definition) is 5. The van der Waals surface area contributed by atoms with Gasteiger partial charge < -0.3 is 5.32 Å². The Balaban J connectivity index is 1.40. The van der Waals surface area contributed by atoms with Gasteiger partial charge in [-0.2, -0.15) is 4.31 Å². The lowest BCUT2D eigenvalue weighted by molar-refractivity contribution is -0.151. The normalized spacial score (nSPS) is 27.8. The number of rotatable bonds is 10. The van der Waals surface area contributed by atoms with E-state index in [0.29, 0.717) is 24.8 Å². The van der Waals surface area contributed by atoms with Crippen molar-refractivity contribution in [2.75, 3.05) is 0 Å². The van der Waals surface area contributed by atoms with Crippen LogP contribution in [0.2, 0.25) is 5.02 Å². The summed E-state index contributed by atoms with van der Waals surface area (Å²) in [4.78, 5) is 18.2. The molecule has 2 aromatic rings. The van der Waals surface area contributed by atoms with Gasteiger partial charge in [0, 0.05) is 23.9 Å². The van der Waals surface area contributed by atoms with Crippen LogP contribution in [0.25, 0.3) is 0 Å². The van der Waals surface area contributed by atoms with Gasteiger partial charge in [0.05, 0.1) is 15.5 Å². The third-order valence-corrected chi connectivity index (χ3v) is 11.3. The van der Waals surface area contributed by atoms with E-state index >= 15 is 0 Å². The molecule has 1 N–H and O–H groups in total. The Bertz CT molecular complexity index is 1450. The molecule has 1 heterocycles.